The zero-order valence-corrected chi connectivity index (χ0v) is 20.1. The number of rotatable bonds is 9. The summed E-state index contributed by atoms with van der Waals surface area (Å²) in [5.74, 6) is 0.151. The van der Waals surface area contributed by atoms with Crippen molar-refractivity contribution in [3.05, 3.63) is 95.6 Å². The standard InChI is InChI=1S/C28H29NO7/c1-18(2)20-8-12-23(13-9-20)35-26(25(30)21-10-14-24(36-33)15-11-21)27(31)29-22(17-34-28(29)32)16-19-6-4-3-5-7-19/h3-15,18,22,25-26,30,33H,16-17H2,1-2H3/t22?,25-,26+/m0/s1. The Bertz CT molecular complexity index is 1160. The Hall–Kier alpha value is -3.88. The van der Waals surface area contributed by atoms with Gasteiger partial charge in [0.2, 0.25) is 6.10 Å². The smallest absolute Gasteiger partial charge is 0.417 e. The van der Waals surface area contributed by atoms with Crippen LogP contribution in [0.25, 0.3) is 0 Å². The van der Waals surface area contributed by atoms with Crippen molar-refractivity contribution < 1.29 is 34.3 Å². The molecule has 0 saturated carbocycles. The lowest BCUT2D eigenvalue weighted by atomic mass is 10.0. The molecule has 36 heavy (non-hydrogen) atoms. The highest BCUT2D eigenvalue weighted by Gasteiger charge is 2.44. The number of carbonyl (C=O) groups excluding carboxylic acids is 2. The van der Waals surface area contributed by atoms with Crippen LogP contribution < -0.4 is 9.62 Å². The van der Waals surface area contributed by atoms with Crippen LogP contribution in [0.15, 0.2) is 78.9 Å². The van der Waals surface area contributed by atoms with E-state index in [-0.39, 0.29) is 12.4 Å². The van der Waals surface area contributed by atoms with Gasteiger partial charge in [-0.3, -0.25) is 4.79 Å². The van der Waals surface area contributed by atoms with Crippen molar-refractivity contribution in [1.29, 1.82) is 0 Å². The predicted octanol–water partition coefficient (Wildman–Crippen LogP) is 4.73. The van der Waals surface area contributed by atoms with Gasteiger partial charge in [-0.15, -0.1) is 0 Å². The summed E-state index contributed by atoms with van der Waals surface area (Å²) in [6.45, 7) is 4.18. The number of benzene rings is 3. The molecule has 1 aliphatic rings. The average Bonchev–Trinajstić information content (AvgIpc) is 3.26. The molecule has 0 aromatic heterocycles. The van der Waals surface area contributed by atoms with Crippen LogP contribution in [0, 0.1) is 0 Å². The molecule has 188 valence electrons. The van der Waals surface area contributed by atoms with Gasteiger partial charge >= 0.3 is 6.09 Å². The van der Waals surface area contributed by atoms with E-state index in [1.165, 1.54) is 24.3 Å². The molecular formula is C28H29NO7. The van der Waals surface area contributed by atoms with Crippen LogP contribution in [0.2, 0.25) is 0 Å². The van der Waals surface area contributed by atoms with Gasteiger partial charge < -0.3 is 19.5 Å². The van der Waals surface area contributed by atoms with E-state index in [1.54, 1.807) is 12.1 Å². The number of hydrogen-bond acceptors (Lipinski definition) is 7. The van der Waals surface area contributed by atoms with E-state index >= 15 is 0 Å². The van der Waals surface area contributed by atoms with Crippen molar-refractivity contribution in [2.24, 2.45) is 0 Å². The van der Waals surface area contributed by atoms with Gasteiger partial charge in [0, 0.05) is 0 Å². The molecule has 0 radical (unpaired) electrons. The lowest BCUT2D eigenvalue weighted by Gasteiger charge is -2.28. The summed E-state index contributed by atoms with van der Waals surface area (Å²) in [7, 11) is 0. The van der Waals surface area contributed by atoms with E-state index in [2.05, 4.69) is 18.7 Å². The van der Waals surface area contributed by atoms with Gasteiger partial charge in [0.05, 0.1) is 6.04 Å². The van der Waals surface area contributed by atoms with Crippen LogP contribution in [0.5, 0.6) is 11.5 Å². The second-order valence-electron chi connectivity index (χ2n) is 9.00. The number of aliphatic hydroxyl groups excluding tert-OH is 1. The molecule has 8 nitrogen and oxygen atoms in total. The number of aliphatic hydroxyl groups is 1. The van der Waals surface area contributed by atoms with Gasteiger partial charge in [-0.2, -0.15) is 0 Å². The van der Waals surface area contributed by atoms with Crippen molar-refractivity contribution in [1.82, 2.24) is 4.90 Å². The zero-order valence-electron chi connectivity index (χ0n) is 20.1. The Labute approximate surface area is 209 Å². The first-order valence-corrected chi connectivity index (χ1v) is 11.8. The zero-order chi connectivity index (χ0) is 25.7. The molecule has 1 fully saturated rings. The molecular weight excluding hydrogens is 462 g/mol. The fraction of sp³-hybridized carbons (Fsp3) is 0.286. The third-order valence-electron chi connectivity index (χ3n) is 6.18. The average molecular weight is 492 g/mol. The normalized spacial score (nSPS) is 17.0. The molecule has 1 saturated heterocycles. The molecule has 1 heterocycles. The molecule has 3 aromatic rings. The molecule has 0 bridgehead atoms. The van der Waals surface area contributed by atoms with Crippen LogP contribution in [0.3, 0.4) is 0 Å². The second kappa shape index (κ2) is 11.2. The van der Waals surface area contributed by atoms with Gasteiger partial charge in [0.1, 0.15) is 18.5 Å². The Morgan fingerprint density at radius 3 is 2.19 bits per heavy atom. The fourth-order valence-electron chi connectivity index (χ4n) is 4.13. The first kappa shape index (κ1) is 25.2. The maximum Gasteiger partial charge on any atom is 0.417 e. The van der Waals surface area contributed by atoms with Crippen LogP contribution in [-0.4, -0.2) is 46.0 Å². The van der Waals surface area contributed by atoms with Crippen molar-refractivity contribution in [2.45, 2.75) is 44.4 Å². The first-order chi connectivity index (χ1) is 17.4. The third-order valence-corrected chi connectivity index (χ3v) is 6.18. The van der Waals surface area contributed by atoms with E-state index in [4.69, 9.17) is 14.7 Å². The molecule has 8 heteroatoms. The number of ether oxygens (including phenoxy) is 2. The number of hydrogen-bond donors (Lipinski definition) is 2. The number of imide groups is 1. The van der Waals surface area contributed by atoms with E-state index < -0.39 is 30.3 Å². The van der Waals surface area contributed by atoms with E-state index in [0.717, 1.165) is 16.0 Å². The number of carbonyl (C=O) groups is 2. The quantitative estimate of drug-likeness (QED) is 0.329. The first-order valence-electron chi connectivity index (χ1n) is 11.8. The Kier molecular flexibility index (Phi) is 7.87. The number of amides is 2. The largest absolute Gasteiger partial charge is 0.477 e. The van der Waals surface area contributed by atoms with Gasteiger partial charge in [0.25, 0.3) is 5.91 Å². The highest BCUT2D eigenvalue weighted by molar-refractivity contribution is 5.96. The van der Waals surface area contributed by atoms with E-state index in [9.17, 15) is 14.7 Å². The van der Waals surface area contributed by atoms with E-state index in [1.807, 2.05) is 42.5 Å². The minimum Gasteiger partial charge on any atom is -0.477 e. The minimum absolute atomic E-state index is 0.0495. The Morgan fingerprint density at radius 1 is 0.972 bits per heavy atom. The summed E-state index contributed by atoms with van der Waals surface area (Å²) >= 11 is 0. The highest BCUT2D eigenvalue weighted by Crippen LogP contribution is 2.29. The lowest BCUT2D eigenvalue weighted by Crippen LogP contribution is -2.49. The summed E-state index contributed by atoms with van der Waals surface area (Å²) in [6.07, 6.45) is -3.21. The van der Waals surface area contributed by atoms with Crippen molar-refractivity contribution in [3.8, 4) is 11.5 Å². The lowest BCUT2D eigenvalue weighted by molar-refractivity contribution is -0.142. The monoisotopic (exact) mass is 491 g/mol. The molecule has 4 rings (SSSR count). The minimum atomic E-state index is -1.43. The molecule has 1 aliphatic heterocycles. The summed E-state index contributed by atoms with van der Waals surface area (Å²) < 4.78 is 11.2. The third kappa shape index (κ3) is 5.67. The van der Waals surface area contributed by atoms with Crippen molar-refractivity contribution in [2.75, 3.05) is 6.61 Å². The summed E-state index contributed by atoms with van der Waals surface area (Å²) in [6, 6.07) is 22.1. The SMILES string of the molecule is CC(C)c1ccc(O[C@@H](C(=O)N2C(=O)OCC2Cc2ccccc2)[C@@H](O)c2ccc(OO)cc2)cc1. The maximum atomic E-state index is 13.7. The van der Waals surface area contributed by atoms with E-state index in [0.29, 0.717) is 23.7 Å². The van der Waals surface area contributed by atoms with Crippen LogP contribution in [-0.2, 0) is 16.0 Å². The van der Waals surface area contributed by atoms with Gasteiger partial charge in [0.15, 0.2) is 5.75 Å². The predicted molar refractivity (Wildman–Crippen MR) is 132 cm³/mol. The molecule has 0 spiro atoms. The summed E-state index contributed by atoms with van der Waals surface area (Å²) in [5.41, 5.74) is 2.39. The molecule has 0 aliphatic carbocycles. The Morgan fingerprint density at radius 2 is 1.58 bits per heavy atom. The second-order valence-corrected chi connectivity index (χ2v) is 9.00. The molecule has 3 atom stereocenters. The maximum absolute atomic E-state index is 13.7. The van der Waals surface area contributed by atoms with Crippen LogP contribution in [0.4, 0.5) is 4.79 Å². The van der Waals surface area contributed by atoms with Crippen LogP contribution in [0.1, 0.15) is 42.6 Å². The topological polar surface area (TPSA) is 106 Å². The molecule has 2 N–H and O–H groups in total. The summed E-state index contributed by atoms with van der Waals surface area (Å²) in [5, 5.41) is 20.1. The highest BCUT2D eigenvalue weighted by atomic mass is 17.1. The molecule has 2 amide bonds. The number of cyclic esters (lactones) is 1. The van der Waals surface area contributed by atoms with Crippen LogP contribution >= 0.6 is 0 Å². The molecule has 3 aromatic carbocycles. The Balaban J connectivity index is 1.63. The van der Waals surface area contributed by atoms with Gasteiger partial charge in [-0.25, -0.2) is 15.0 Å². The van der Waals surface area contributed by atoms with Crippen molar-refractivity contribution >= 4 is 12.0 Å². The molecule has 1 unspecified atom stereocenters. The summed E-state index contributed by atoms with van der Waals surface area (Å²) in [4.78, 5) is 31.6. The van der Waals surface area contributed by atoms with Gasteiger partial charge in [-0.1, -0.05) is 68.4 Å². The fourth-order valence-corrected chi connectivity index (χ4v) is 4.13. The van der Waals surface area contributed by atoms with Crippen molar-refractivity contribution in [3.63, 3.8) is 0 Å². The number of nitrogens with zero attached hydrogens (tertiary/aromatic N) is 1. The van der Waals surface area contributed by atoms with Gasteiger partial charge in [-0.05, 0) is 53.3 Å².